The Morgan fingerprint density at radius 1 is 1.00 bits per heavy atom. The number of piperidine rings is 1. The van der Waals surface area contributed by atoms with E-state index in [0.29, 0.717) is 12.1 Å². The van der Waals surface area contributed by atoms with Gasteiger partial charge in [0.05, 0.1) is 6.04 Å². The molecule has 1 aromatic carbocycles. The highest BCUT2D eigenvalue weighted by molar-refractivity contribution is 5.21. The molecule has 98 valence electrons. The highest BCUT2D eigenvalue weighted by Gasteiger charge is 2.31. The molecule has 2 heteroatoms. The fourth-order valence-electron chi connectivity index (χ4n) is 3.53. The van der Waals surface area contributed by atoms with E-state index in [-0.39, 0.29) is 0 Å². The van der Waals surface area contributed by atoms with Crippen LogP contribution in [0.1, 0.15) is 43.7 Å². The largest absolute Gasteiger partial charge is 0.312 e. The summed E-state index contributed by atoms with van der Waals surface area (Å²) in [6.07, 6.45) is 6.82. The Hall–Kier alpha value is -0.860. The Morgan fingerprint density at radius 3 is 2.44 bits per heavy atom. The molecule has 1 aromatic rings. The third-order valence-corrected chi connectivity index (χ3v) is 4.40. The monoisotopic (exact) mass is 244 g/mol. The van der Waals surface area contributed by atoms with Crippen LogP contribution in [0.4, 0.5) is 0 Å². The van der Waals surface area contributed by atoms with E-state index in [1.165, 1.54) is 57.3 Å². The third-order valence-electron chi connectivity index (χ3n) is 4.40. The zero-order valence-corrected chi connectivity index (χ0v) is 11.1. The second kappa shape index (κ2) is 5.85. The van der Waals surface area contributed by atoms with Crippen molar-refractivity contribution in [3.05, 3.63) is 35.9 Å². The molecule has 3 rings (SSSR count). The summed E-state index contributed by atoms with van der Waals surface area (Å²) in [7, 11) is 0. The van der Waals surface area contributed by atoms with Crippen molar-refractivity contribution in [1.29, 1.82) is 0 Å². The number of nitrogens with one attached hydrogen (secondary N) is 1. The zero-order chi connectivity index (χ0) is 12.2. The Kier molecular flexibility index (Phi) is 3.96. The molecule has 2 fully saturated rings. The van der Waals surface area contributed by atoms with Crippen molar-refractivity contribution in [3.8, 4) is 0 Å². The van der Waals surface area contributed by atoms with E-state index >= 15 is 0 Å². The molecular weight excluding hydrogens is 220 g/mol. The maximum Gasteiger partial charge on any atom is 0.0501 e. The second-order valence-corrected chi connectivity index (χ2v) is 5.65. The highest BCUT2D eigenvalue weighted by Crippen LogP contribution is 2.31. The first kappa shape index (κ1) is 12.2. The summed E-state index contributed by atoms with van der Waals surface area (Å²) in [4.78, 5) is 2.71. The van der Waals surface area contributed by atoms with Crippen LogP contribution < -0.4 is 5.32 Å². The van der Waals surface area contributed by atoms with Crippen LogP contribution in [0.2, 0.25) is 0 Å². The maximum absolute atomic E-state index is 3.71. The first-order valence-corrected chi connectivity index (χ1v) is 7.47. The van der Waals surface area contributed by atoms with Crippen LogP contribution in [-0.4, -0.2) is 30.6 Å². The SMILES string of the molecule is c1ccc(C(C2CCCN2)N2CCCCC2)cc1. The van der Waals surface area contributed by atoms with Gasteiger partial charge in [-0.25, -0.2) is 0 Å². The summed E-state index contributed by atoms with van der Waals surface area (Å²) in [6, 6.07) is 12.3. The molecular formula is C16H24N2. The van der Waals surface area contributed by atoms with Crippen molar-refractivity contribution >= 4 is 0 Å². The predicted octanol–water partition coefficient (Wildman–Crippen LogP) is 2.97. The van der Waals surface area contributed by atoms with E-state index in [0.717, 1.165) is 0 Å². The van der Waals surface area contributed by atoms with Gasteiger partial charge in [-0.15, -0.1) is 0 Å². The Bertz CT molecular complexity index is 351. The van der Waals surface area contributed by atoms with Gasteiger partial charge >= 0.3 is 0 Å². The van der Waals surface area contributed by atoms with Gasteiger partial charge in [-0.2, -0.15) is 0 Å². The van der Waals surface area contributed by atoms with Crippen LogP contribution in [0.25, 0.3) is 0 Å². The molecule has 0 saturated carbocycles. The van der Waals surface area contributed by atoms with Gasteiger partial charge in [-0.05, 0) is 50.9 Å². The molecule has 2 atom stereocenters. The first-order chi connectivity index (χ1) is 8.95. The lowest BCUT2D eigenvalue weighted by atomic mass is 9.94. The van der Waals surface area contributed by atoms with Crippen LogP contribution in [0.15, 0.2) is 30.3 Å². The maximum atomic E-state index is 3.71. The summed E-state index contributed by atoms with van der Waals surface area (Å²) in [5.41, 5.74) is 1.50. The van der Waals surface area contributed by atoms with Gasteiger partial charge in [0.15, 0.2) is 0 Å². The minimum Gasteiger partial charge on any atom is -0.312 e. The number of nitrogens with zero attached hydrogens (tertiary/aromatic N) is 1. The number of hydrogen-bond acceptors (Lipinski definition) is 2. The van der Waals surface area contributed by atoms with Crippen LogP contribution >= 0.6 is 0 Å². The molecule has 2 unspecified atom stereocenters. The zero-order valence-electron chi connectivity index (χ0n) is 11.1. The topological polar surface area (TPSA) is 15.3 Å². The number of likely N-dealkylation sites (tertiary alicyclic amines) is 1. The second-order valence-electron chi connectivity index (χ2n) is 5.65. The van der Waals surface area contributed by atoms with Crippen molar-refractivity contribution in [2.45, 2.75) is 44.2 Å². The molecule has 18 heavy (non-hydrogen) atoms. The fourth-order valence-corrected chi connectivity index (χ4v) is 3.53. The molecule has 0 spiro atoms. The lowest BCUT2D eigenvalue weighted by molar-refractivity contribution is 0.136. The predicted molar refractivity (Wildman–Crippen MR) is 75.6 cm³/mol. The molecule has 2 saturated heterocycles. The summed E-state index contributed by atoms with van der Waals surface area (Å²) >= 11 is 0. The Labute approximate surface area is 110 Å². The summed E-state index contributed by atoms with van der Waals surface area (Å²) in [6.45, 7) is 3.75. The average Bonchev–Trinajstić information content (AvgIpc) is 2.95. The highest BCUT2D eigenvalue weighted by atomic mass is 15.2. The van der Waals surface area contributed by atoms with Gasteiger partial charge in [0.2, 0.25) is 0 Å². The summed E-state index contributed by atoms with van der Waals surface area (Å²) in [5, 5.41) is 3.71. The number of rotatable bonds is 3. The van der Waals surface area contributed by atoms with E-state index in [4.69, 9.17) is 0 Å². The molecule has 0 aliphatic carbocycles. The Morgan fingerprint density at radius 2 is 1.78 bits per heavy atom. The summed E-state index contributed by atoms with van der Waals surface area (Å²) < 4.78 is 0. The summed E-state index contributed by atoms with van der Waals surface area (Å²) in [5.74, 6) is 0. The molecule has 1 N–H and O–H groups in total. The van der Waals surface area contributed by atoms with Crippen molar-refractivity contribution in [2.24, 2.45) is 0 Å². The molecule has 0 amide bonds. The molecule has 2 heterocycles. The van der Waals surface area contributed by atoms with Crippen LogP contribution in [0.3, 0.4) is 0 Å². The molecule has 2 nitrogen and oxygen atoms in total. The third kappa shape index (κ3) is 2.60. The fraction of sp³-hybridized carbons (Fsp3) is 0.625. The van der Waals surface area contributed by atoms with Crippen LogP contribution in [0, 0.1) is 0 Å². The van der Waals surface area contributed by atoms with Gasteiger partial charge in [0.1, 0.15) is 0 Å². The molecule has 0 aromatic heterocycles. The van der Waals surface area contributed by atoms with Crippen LogP contribution in [0.5, 0.6) is 0 Å². The van der Waals surface area contributed by atoms with E-state index in [1.807, 2.05) is 0 Å². The molecule has 2 aliphatic rings. The average molecular weight is 244 g/mol. The quantitative estimate of drug-likeness (QED) is 0.879. The van der Waals surface area contributed by atoms with Gasteiger partial charge in [-0.3, -0.25) is 4.90 Å². The van der Waals surface area contributed by atoms with Gasteiger partial charge in [0, 0.05) is 6.04 Å². The molecule has 0 bridgehead atoms. The van der Waals surface area contributed by atoms with E-state index in [9.17, 15) is 0 Å². The molecule has 0 radical (unpaired) electrons. The van der Waals surface area contributed by atoms with E-state index in [2.05, 4.69) is 40.5 Å². The molecule has 2 aliphatic heterocycles. The lowest BCUT2D eigenvalue weighted by Crippen LogP contribution is -2.43. The Balaban J connectivity index is 1.82. The first-order valence-electron chi connectivity index (χ1n) is 7.47. The number of benzene rings is 1. The van der Waals surface area contributed by atoms with Crippen molar-refractivity contribution < 1.29 is 0 Å². The van der Waals surface area contributed by atoms with Gasteiger partial charge in [0.25, 0.3) is 0 Å². The van der Waals surface area contributed by atoms with Crippen molar-refractivity contribution in [1.82, 2.24) is 10.2 Å². The number of hydrogen-bond donors (Lipinski definition) is 1. The van der Waals surface area contributed by atoms with E-state index < -0.39 is 0 Å². The smallest absolute Gasteiger partial charge is 0.0501 e. The van der Waals surface area contributed by atoms with Gasteiger partial charge < -0.3 is 5.32 Å². The van der Waals surface area contributed by atoms with E-state index in [1.54, 1.807) is 0 Å². The lowest BCUT2D eigenvalue weighted by Gasteiger charge is -2.38. The standard InChI is InChI=1S/C16H24N2/c1-3-8-14(9-4-1)16(15-10-7-11-17-15)18-12-5-2-6-13-18/h1,3-4,8-9,15-17H,2,5-7,10-13H2. The van der Waals surface area contributed by atoms with Gasteiger partial charge in [-0.1, -0.05) is 36.8 Å². The van der Waals surface area contributed by atoms with Crippen molar-refractivity contribution in [2.75, 3.05) is 19.6 Å². The minimum absolute atomic E-state index is 0.592. The minimum atomic E-state index is 0.592. The van der Waals surface area contributed by atoms with Crippen molar-refractivity contribution in [3.63, 3.8) is 0 Å². The normalized spacial score (nSPS) is 27.2. The van der Waals surface area contributed by atoms with Crippen LogP contribution in [-0.2, 0) is 0 Å².